The fourth-order valence-electron chi connectivity index (χ4n) is 2.49. The molecule has 2 aromatic rings. The zero-order valence-electron chi connectivity index (χ0n) is 12.7. The van der Waals surface area contributed by atoms with Gasteiger partial charge in [-0.3, -0.25) is 9.80 Å². The number of carbonyl (C=O) groups excluding carboxylic acids is 2. The zero-order chi connectivity index (χ0) is 17.3. The van der Waals surface area contributed by atoms with Gasteiger partial charge in [-0.1, -0.05) is 17.7 Å². The molecule has 2 heterocycles. The first kappa shape index (κ1) is 16.2. The van der Waals surface area contributed by atoms with Gasteiger partial charge in [-0.2, -0.15) is 0 Å². The van der Waals surface area contributed by atoms with Crippen LogP contribution in [0.15, 0.2) is 36.5 Å². The molecule has 0 spiro atoms. The van der Waals surface area contributed by atoms with Gasteiger partial charge in [0.1, 0.15) is 0 Å². The number of carbonyl (C=O) groups is 2. The normalized spacial score (nSPS) is 14.2. The number of methoxy groups -OCH3 is 1. The van der Waals surface area contributed by atoms with Crippen molar-refractivity contribution in [2.75, 3.05) is 30.0 Å². The Morgan fingerprint density at radius 3 is 2.79 bits per heavy atom. The zero-order valence-corrected chi connectivity index (χ0v) is 13.5. The summed E-state index contributed by atoms with van der Waals surface area (Å²) in [6.07, 6.45) is 1.34. The molecule has 0 saturated carbocycles. The van der Waals surface area contributed by atoms with Crippen molar-refractivity contribution in [3.05, 3.63) is 52.9 Å². The van der Waals surface area contributed by atoms with E-state index in [-0.39, 0.29) is 17.4 Å². The molecule has 1 aliphatic rings. The molecule has 8 heteroatoms. The standard InChI is InChI=1S/C16H13ClFN3O3/c1-24-15(22)10-3-2-4-11(9-10)20-7-8-21(16(20)23)14-13(18)12(17)5-6-19-14/h2-6,9H,7-8H2,1H3. The van der Waals surface area contributed by atoms with Crippen LogP contribution in [0.3, 0.4) is 0 Å². The van der Waals surface area contributed by atoms with Crippen LogP contribution in [-0.2, 0) is 4.74 Å². The highest BCUT2D eigenvalue weighted by molar-refractivity contribution is 6.31. The van der Waals surface area contributed by atoms with Crippen molar-refractivity contribution in [2.45, 2.75) is 0 Å². The van der Waals surface area contributed by atoms with Crippen LogP contribution >= 0.6 is 11.6 Å². The lowest BCUT2D eigenvalue weighted by atomic mass is 10.2. The summed E-state index contributed by atoms with van der Waals surface area (Å²) in [7, 11) is 1.28. The van der Waals surface area contributed by atoms with E-state index in [1.54, 1.807) is 24.3 Å². The van der Waals surface area contributed by atoms with Gasteiger partial charge in [0.15, 0.2) is 11.6 Å². The SMILES string of the molecule is COC(=O)c1cccc(N2CCN(c3nccc(Cl)c3F)C2=O)c1. The monoisotopic (exact) mass is 349 g/mol. The molecule has 1 saturated heterocycles. The predicted octanol–water partition coefficient (Wildman–Crippen LogP) is 3.11. The maximum Gasteiger partial charge on any atom is 0.337 e. The predicted molar refractivity (Wildman–Crippen MR) is 87.1 cm³/mol. The summed E-state index contributed by atoms with van der Waals surface area (Å²) >= 11 is 5.75. The average Bonchev–Trinajstić information content (AvgIpc) is 2.98. The quantitative estimate of drug-likeness (QED) is 0.799. The van der Waals surface area contributed by atoms with E-state index in [1.807, 2.05) is 0 Å². The highest BCUT2D eigenvalue weighted by atomic mass is 35.5. The average molecular weight is 350 g/mol. The third kappa shape index (κ3) is 2.78. The Labute approximate surface area is 142 Å². The number of rotatable bonds is 3. The molecule has 1 fully saturated rings. The molecule has 2 amide bonds. The summed E-state index contributed by atoms with van der Waals surface area (Å²) in [4.78, 5) is 30.8. The molecular weight excluding hydrogens is 337 g/mol. The van der Waals surface area contributed by atoms with Gasteiger partial charge in [-0.25, -0.2) is 19.0 Å². The largest absolute Gasteiger partial charge is 0.465 e. The van der Waals surface area contributed by atoms with Gasteiger partial charge in [0.2, 0.25) is 0 Å². The van der Waals surface area contributed by atoms with Crippen molar-refractivity contribution in [3.8, 4) is 0 Å². The number of aromatic nitrogens is 1. The van der Waals surface area contributed by atoms with Crippen LogP contribution in [0, 0.1) is 5.82 Å². The second-order valence-corrected chi connectivity index (χ2v) is 5.47. The number of hydrogen-bond donors (Lipinski definition) is 0. The fourth-order valence-corrected chi connectivity index (χ4v) is 2.63. The summed E-state index contributed by atoms with van der Waals surface area (Å²) in [6.45, 7) is 0.586. The number of anilines is 2. The summed E-state index contributed by atoms with van der Waals surface area (Å²) in [5, 5.41) is -0.0982. The van der Waals surface area contributed by atoms with Gasteiger partial charge < -0.3 is 4.74 Å². The molecule has 3 rings (SSSR count). The molecule has 1 aromatic carbocycles. The minimum atomic E-state index is -0.738. The van der Waals surface area contributed by atoms with Gasteiger partial charge in [0, 0.05) is 25.0 Å². The van der Waals surface area contributed by atoms with E-state index < -0.39 is 17.8 Å². The first-order chi connectivity index (χ1) is 11.5. The van der Waals surface area contributed by atoms with Crippen LogP contribution in [-0.4, -0.2) is 37.2 Å². The Kier molecular flexibility index (Phi) is 4.35. The first-order valence-electron chi connectivity index (χ1n) is 7.10. The van der Waals surface area contributed by atoms with Crippen molar-refractivity contribution in [1.29, 1.82) is 0 Å². The van der Waals surface area contributed by atoms with E-state index in [9.17, 15) is 14.0 Å². The van der Waals surface area contributed by atoms with Crippen molar-refractivity contribution in [3.63, 3.8) is 0 Å². The summed E-state index contributed by atoms with van der Waals surface area (Å²) in [5.41, 5.74) is 0.848. The third-order valence-electron chi connectivity index (χ3n) is 3.67. The van der Waals surface area contributed by atoms with Gasteiger partial charge in [0.25, 0.3) is 0 Å². The van der Waals surface area contributed by atoms with E-state index in [0.29, 0.717) is 17.8 Å². The van der Waals surface area contributed by atoms with Crippen LogP contribution in [0.4, 0.5) is 20.7 Å². The van der Waals surface area contributed by atoms with Crippen molar-refractivity contribution in [2.24, 2.45) is 0 Å². The Balaban J connectivity index is 1.89. The number of nitrogens with zero attached hydrogens (tertiary/aromatic N) is 3. The molecule has 0 aliphatic carbocycles. The van der Waals surface area contributed by atoms with Crippen molar-refractivity contribution >= 4 is 35.1 Å². The minimum absolute atomic E-state index is 0.0982. The lowest BCUT2D eigenvalue weighted by Crippen LogP contribution is -2.32. The number of halogens is 2. The molecule has 1 aromatic heterocycles. The molecule has 124 valence electrons. The lowest BCUT2D eigenvalue weighted by Gasteiger charge is -2.19. The second-order valence-electron chi connectivity index (χ2n) is 5.06. The van der Waals surface area contributed by atoms with E-state index >= 15 is 0 Å². The van der Waals surface area contributed by atoms with E-state index in [0.717, 1.165) is 0 Å². The molecule has 0 unspecified atom stereocenters. The summed E-state index contributed by atoms with van der Waals surface area (Å²) in [6, 6.07) is 7.36. The third-order valence-corrected chi connectivity index (χ3v) is 3.96. The number of hydrogen-bond acceptors (Lipinski definition) is 4. The fraction of sp³-hybridized carbons (Fsp3) is 0.188. The van der Waals surface area contributed by atoms with Crippen LogP contribution in [0.25, 0.3) is 0 Å². The topological polar surface area (TPSA) is 62.7 Å². The number of esters is 1. The highest BCUT2D eigenvalue weighted by Crippen LogP contribution is 2.28. The van der Waals surface area contributed by atoms with Crippen molar-refractivity contribution < 1.29 is 18.7 Å². The van der Waals surface area contributed by atoms with E-state index in [4.69, 9.17) is 11.6 Å². The molecule has 0 N–H and O–H groups in total. The number of amides is 2. The smallest absolute Gasteiger partial charge is 0.337 e. The Morgan fingerprint density at radius 2 is 2.04 bits per heavy atom. The molecule has 6 nitrogen and oxygen atoms in total. The molecule has 0 atom stereocenters. The summed E-state index contributed by atoms with van der Waals surface area (Å²) in [5.74, 6) is -1.35. The molecule has 0 radical (unpaired) electrons. The maximum atomic E-state index is 14.1. The molecule has 0 bridgehead atoms. The van der Waals surface area contributed by atoms with Gasteiger partial charge in [-0.05, 0) is 24.3 Å². The number of pyridine rings is 1. The minimum Gasteiger partial charge on any atom is -0.465 e. The highest BCUT2D eigenvalue weighted by Gasteiger charge is 2.33. The maximum absolute atomic E-state index is 14.1. The van der Waals surface area contributed by atoms with Crippen LogP contribution in [0.5, 0.6) is 0 Å². The van der Waals surface area contributed by atoms with Gasteiger partial charge in [-0.15, -0.1) is 0 Å². The second kappa shape index (κ2) is 6.45. The molecular formula is C16H13ClFN3O3. The first-order valence-corrected chi connectivity index (χ1v) is 7.48. The van der Waals surface area contributed by atoms with E-state index in [1.165, 1.54) is 29.2 Å². The lowest BCUT2D eigenvalue weighted by molar-refractivity contribution is 0.0600. The van der Waals surface area contributed by atoms with Gasteiger partial charge >= 0.3 is 12.0 Å². The van der Waals surface area contributed by atoms with Gasteiger partial charge in [0.05, 0.1) is 17.7 Å². The number of benzene rings is 1. The Morgan fingerprint density at radius 1 is 1.29 bits per heavy atom. The van der Waals surface area contributed by atoms with Crippen LogP contribution in [0.2, 0.25) is 5.02 Å². The number of ether oxygens (including phenoxy) is 1. The summed E-state index contributed by atoms with van der Waals surface area (Å²) < 4.78 is 18.8. The Hall–Kier alpha value is -2.67. The van der Waals surface area contributed by atoms with Crippen molar-refractivity contribution in [1.82, 2.24) is 4.98 Å². The van der Waals surface area contributed by atoms with Crippen LogP contribution in [0.1, 0.15) is 10.4 Å². The molecule has 24 heavy (non-hydrogen) atoms. The number of urea groups is 1. The Bertz CT molecular complexity index is 815. The van der Waals surface area contributed by atoms with E-state index in [2.05, 4.69) is 9.72 Å². The van der Waals surface area contributed by atoms with Crippen LogP contribution < -0.4 is 9.80 Å². The molecule has 1 aliphatic heterocycles.